The van der Waals surface area contributed by atoms with Crippen molar-refractivity contribution in [3.05, 3.63) is 57.8 Å². The second-order valence-electron chi connectivity index (χ2n) is 7.20. The zero-order chi connectivity index (χ0) is 21.9. The van der Waals surface area contributed by atoms with Crippen LogP contribution in [0.4, 0.5) is 11.5 Å². The fourth-order valence-electron chi connectivity index (χ4n) is 3.37. The summed E-state index contributed by atoms with van der Waals surface area (Å²) in [6.07, 6.45) is 2.09. The average Bonchev–Trinajstić information content (AvgIpc) is 2.78. The molecule has 158 valence electrons. The van der Waals surface area contributed by atoms with Gasteiger partial charge in [-0.05, 0) is 30.0 Å². The Morgan fingerprint density at radius 3 is 2.40 bits per heavy atom. The molecule has 1 atom stereocenters. The number of nitrogens with zero attached hydrogens (tertiary/aromatic N) is 5. The standard InChI is InChI=1S/C20H23N5O4S/c1-3-15(2)16-4-6-19(7-5-16)30(28,29)24-10-8-23(9-11-24)20-17(13-21)12-18(14-22-20)25(26)27/h4-7,12,14-15H,3,8-11H2,1-2H3/t15-/m0/s1. The first kappa shape index (κ1) is 21.7. The topological polar surface area (TPSA) is 120 Å². The van der Waals surface area contributed by atoms with E-state index in [-0.39, 0.29) is 29.2 Å². The molecule has 1 saturated heterocycles. The zero-order valence-corrected chi connectivity index (χ0v) is 17.7. The van der Waals surface area contributed by atoms with E-state index in [1.54, 1.807) is 17.0 Å². The van der Waals surface area contributed by atoms with Crippen LogP contribution < -0.4 is 4.90 Å². The molecule has 0 amide bonds. The summed E-state index contributed by atoms with van der Waals surface area (Å²) < 4.78 is 27.4. The van der Waals surface area contributed by atoms with Crippen LogP contribution in [0.2, 0.25) is 0 Å². The van der Waals surface area contributed by atoms with E-state index < -0.39 is 14.9 Å². The Labute approximate surface area is 175 Å². The van der Waals surface area contributed by atoms with Crippen LogP contribution >= 0.6 is 0 Å². The summed E-state index contributed by atoms with van der Waals surface area (Å²) in [4.78, 5) is 16.4. The van der Waals surface area contributed by atoms with Gasteiger partial charge in [0.1, 0.15) is 23.6 Å². The third kappa shape index (κ3) is 4.27. The minimum absolute atomic E-state index is 0.0983. The maximum absolute atomic E-state index is 13.0. The Bertz CT molecular complexity index is 1070. The van der Waals surface area contributed by atoms with Crippen LogP contribution in [0.5, 0.6) is 0 Å². The van der Waals surface area contributed by atoms with E-state index >= 15 is 0 Å². The minimum atomic E-state index is -3.62. The molecular weight excluding hydrogens is 406 g/mol. The van der Waals surface area contributed by atoms with Crippen LogP contribution in [0.1, 0.15) is 37.3 Å². The molecular formula is C20H23N5O4S. The minimum Gasteiger partial charge on any atom is -0.353 e. The zero-order valence-electron chi connectivity index (χ0n) is 16.9. The number of pyridine rings is 1. The Hall–Kier alpha value is -3.03. The molecule has 10 heteroatoms. The molecule has 1 aliphatic rings. The van der Waals surface area contributed by atoms with Crippen LogP contribution in [0, 0.1) is 21.4 Å². The molecule has 2 heterocycles. The molecule has 0 bridgehead atoms. The van der Waals surface area contributed by atoms with E-state index in [1.807, 2.05) is 18.2 Å². The molecule has 0 unspecified atom stereocenters. The van der Waals surface area contributed by atoms with E-state index in [0.717, 1.165) is 18.2 Å². The summed E-state index contributed by atoms with van der Waals surface area (Å²) in [5.74, 6) is 0.701. The fourth-order valence-corrected chi connectivity index (χ4v) is 4.80. The quantitative estimate of drug-likeness (QED) is 0.511. The van der Waals surface area contributed by atoms with Crippen LogP contribution in [0.3, 0.4) is 0 Å². The van der Waals surface area contributed by atoms with Gasteiger partial charge >= 0.3 is 0 Å². The van der Waals surface area contributed by atoms with Crippen LogP contribution in [0.25, 0.3) is 0 Å². The molecule has 1 fully saturated rings. The average molecular weight is 430 g/mol. The van der Waals surface area contributed by atoms with Crippen molar-refractivity contribution in [2.75, 3.05) is 31.1 Å². The summed E-state index contributed by atoms with van der Waals surface area (Å²) in [5.41, 5.74) is 0.952. The number of rotatable bonds is 6. The van der Waals surface area contributed by atoms with Crippen molar-refractivity contribution in [1.29, 1.82) is 5.26 Å². The predicted octanol–water partition coefficient (Wildman–Crippen LogP) is 2.89. The Morgan fingerprint density at radius 1 is 1.23 bits per heavy atom. The van der Waals surface area contributed by atoms with Gasteiger partial charge in [-0.2, -0.15) is 9.57 Å². The summed E-state index contributed by atoms with van der Waals surface area (Å²) in [7, 11) is -3.62. The highest BCUT2D eigenvalue weighted by atomic mass is 32.2. The van der Waals surface area contributed by atoms with Crippen molar-refractivity contribution in [1.82, 2.24) is 9.29 Å². The molecule has 0 N–H and O–H groups in total. The van der Waals surface area contributed by atoms with Crippen molar-refractivity contribution >= 4 is 21.5 Å². The molecule has 1 aliphatic heterocycles. The van der Waals surface area contributed by atoms with E-state index in [2.05, 4.69) is 18.8 Å². The monoisotopic (exact) mass is 429 g/mol. The van der Waals surface area contributed by atoms with Gasteiger partial charge in [0.25, 0.3) is 5.69 Å². The van der Waals surface area contributed by atoms with E-state index in [1.165, 1.54) is 10.4 Å². The van der Waals surface area contributed by atoms with Gasteiger partial charge in [0.15, 0.2) is 0 Å². The first-order valence-corrected chi connectivity index (χ1v) is 11.1. The number of nitriles is 1. The molecule has 0 radical (unpaired) electrons. The lowest BCUT2D eigenvalue weighted by Crippen LogP contribution is -2.49. The number of hydrogen-bond donors (Lipinski definition) is 0. The lowest BCUT2D eigenvalue weighted by Gasteiger charge is -2.35. The van der Waals surface area contributed by atoms with Gasteiger partial charge in [-0.1, -0.05) is 26.0 Å². The molecule has 1 aromatic heterocycles. The van der Waals surface area contributed by atoms with Crippen molar-refractivity contribution in [2.24, 2.45) is 0 Å². The first-order chi connectivity index (χ1) is 14.3. The van der Waals surface area contributed by atoms with Crippen LogP contribution in [-0.4, -0.2) is 48.8 Å². The van der Waals surface area contributed by atoms with Gasteiger partial charge in [0.2, 0.25) is 10.0 Å². The highest BCUT2D eigenvalue weighted by Gasteiger charge is 2.30. The maximum atomic E-state index is 13.0. The number of nitro groups is 1. The molecule has 0 spiro atoms. The number of hydrogen-bond acceptors (Lipinski definition) is 7. The first-order valence-electron chi connectivity index (χ1n) is 9.67. The van der Waals surface area contributed by atoms with Crippen LogP contribution in [-0.2, 0) is 10.0 Å². The van der Waals surface area contributed by atoms with Gasteiger partial charge < -0.3 is 4.90 Å². The summed E-state index contributed by atoms with van der Waals surface area (Å²) in [6.45, 7) is 5.34. The number of aromatic nitrogens is 1. The summed E-state index contributed by atoms with van der Waals surface area (Å²) in [5, 5.41) is 20.2. The lowest BCUT2D eigenvalue weighted by atomic mass is 9.99. The normalized spacial score (nSPS) is 16.1. The number of benzene rings is 1. The smallest absolute Gasteiger partial charge is 0.289 e. The van der Waals surface area contributed by atoms with Gasteiger partial charge in [-0.15, -0.1) is 0 Å². The molecule has 0 saturated carbocycles. The third-order valence-electron chi connectivity index (χ3n) is 5.42. The summed E-state index contributed by atoms with van der Waals surface area (Å²) in [6, 6.07) is 10.1. The Morgan fingerprint density at radius 2 is 1.87 bits per heavy atom. The van der Waals surface area contributed by atoms with E-state index in [4.69, 9.17) is 0 Å². The van der Waals surface area contributed by atoms with E-state index in [9.17, 15) is 23.8 Å². The molecule has 2 aromatic rings. The van der Waals surface area contributed by atoms with Gasteiger partial charge in [0, 0.05) is 32.2 Å². The van der Waals surface area contributed by atoms with Gasteiger partial charge in [-0.3, -0.25) is 10.1 Å². The molecule has 1 aromatic carbocycles. The molecule has 30 heavy (non-hydrogen) atoms. The van der Waals surface area contributed by atoms with Crippen molar-refractivity contribution < 1.29 is 13.3 Å². The highest BCUT2D eigenvalue weighted by Crippen LogP contribution is 2.26. The Kier molecular flexibility index (Phi) is 6.34. The van der Waals surface area contributed by atoms with Crippen molar-refractivity contribution in [3.8, 4) is 6.07 Å². The SMILES string of the molecule is CC[C@H](C)c1ccc(S(=O)(=O)N2CCN(c3ncc([N+](=O)[O-])cc3C#N)CC2)cc1. The number of anilines is 1. The third-order valence-corrected chi connectivity index (χ3v) is 7.33. The Balaban J connectivity index is 1.73. The fraction of sp³-hybridized carbons (Fsp3) is 0.400. The van der Waals surface area contributed by atoms with Gasteiger partial charge in [-0.25, -0.2) is 13.4 Å². The summed E-state index contributed by atoms with van der Waals surface area (Å²) >= 11 is 0. The molecule has 0 aliphatic carbocycles. The van der Waals surface area contributed by atoms with Gasteiger partial charge in [0.05, 0.1) is 9.82 Å². The maximum Gasteiger partial charge on any atom is 0.289 e. The highest BCUT2D eigenvalue weighted by molar-refractivity contribution is 7.89. The molecule has 9 nitrogen and oxygen atoms in total. The van der Waals surface area contributed by atoms with Crippen molar-refractivity contribution in [3.63, 3.8) is 0 Å². The predicted molar refractivity (Wildman–Crippen MR) is 112 cm³/mol. The number of piperazine rings is 1. The number of sulfonamides is 1. The lowest BCUT2D eigenvalue weighted by molar-refractivity contribution is -0.385. The second-order valence-corrected chi connectivity index (χ2v) is 9.14. The second kappa shape index (κ2) is 8.77. The van der Waals surface area contributed by atoms with Crippen molar-refractivity contribution in [2.45, 2.75) is 31.1 Å². The van der Waals surface area contributed by atoms with Crippen LogP contribution in [0.15, 0.2) is 41.4 Å². The molecule has 3 rings (SSSR count). The largest absolute Gasteiger partial charge is 0.353 e. The van der Waals surface area contributed by atoms with E-state index in [0.29, 0.717) is 24.8 Å².